The second kappa shape index (κ2) is 4.07. The molecule has 0 bridgehead atoms. The Hall–Kier alpha value is -0.920. The molecule has 2 aromatic rings. The van der Waals surface area contributed by atoms with Gasteiger partial charge in [-0.25, -0.2) is 0 Å². The maximum atomic E-state index is 6.10. The molecule has 0 aliphatic heterocycles. The fraction of sp³-hybridized carbons (Fsp3) is 0. The minimum Gasteiger partial charge on any atom is -0.143 e. The molecule has 14 heavy (non-hydrogen) atoms. The van der Waals surface area contributed by atoms with E-state index >= 15 is 0 Å². The van der Waals surface area contributed by atoms with E-state index in [0.29, 0.717) is 0 Å². The number of thiol groups is 1. The fourth-order valence-corrected chi connectivity index (χ4v) is 1.90. The van der Waals surface area contributed by atoms with Gasteiger partial charge in [-0.2, -0.15) is 0 Å². The Morgan fingerprint density at radius 1 is 0.786 bits per heavy atom. The summed E-state index contributed by atoms with van der Waals surface area (Å²) < 4.78 is 0. The molecule has 70 valence electrons. The van der Waals surface area contributed by atoms with E-state index in [-0.39, 0.29) is 0 Å². The zero-order chi connectivity index (χ0) is 9.97. The minimum absolute atomic E-state index is 0.758. The molecule has 0 fully saturated rings. The zero-order valence-electron chi connectivity index (χ0n) is 7.44. The summed E-state index contributed by atoms with van der Waals surface area (Å²) in [7, 11) is 0. The van der Waals surface area contributed by atoms with Crippen molar-refractivity contribution in [1.29, 1.82) is 0 Å². The minimum atomic E-state index is 0.758. The predicted molar refractivity (Wildman–Crippen MR) is 64.1 cm³/mol. The molecule has 0 spiro atoms. The third-order valence-corrected chi connectivity index (χ3v) is 2.79. The first-order chi connectivity index (χ1) is 6.79. The van der Waals surface area contributed by atoms with E-state index in [1.807, 2.05) is 48.5 Å². The number of benzene rings is 2. The van der Waals surface area contributed by atoms with Gasteiger partial charge >= 0.3 is 0 Å². The molecule has 0 N–H and O–H groups in total. The van der Waals surface area contributed by atoms with Gasteiger partial charge in [0.05, 0.1) is 0 Å². The Kier molecular flexibility index (Phi) is 2.80. The number of hydrogen-bond acceptors (Lipinski definition) is 1. The number of hydrogen-bond donors (Lipinski definition) is 1. The molecular formula is C12H9ClS. The average Bonchev–Trinajstić information content (AvgIpc) is 2.20. The topological polar surface area (TPSA) is 0 Å². The molecular weight excluding hydrogens is 212 g/mol. The molecule has 0 saturated carbocycles. The summed E-state index contributed by atoms with van der Waals surface area (Å²) in [4.78, 5) is 0.945. The monoisotopic (exact) mass is 220 g/mol. The van der Waals surface area contributed by atoms with E-state index in [0.717, 1.165) is 21.0 Å². The zero-order valence-corrected chi connectivity index (χ0v) is 9.09. The summed E-state index contributed by atoms with van der Waals surface area (Å²) in [6, 6.07) is 15.7. The second-order valence-electron chi connectivity index (χ2n) is 3.00. The summed E-state index contributed by atoms with van der Waals surface area (Å²) in [5.41, 5.74) is 2.10. The SMILES string of the molecule is Sc1ccccc1-c1ccccc1Cl. The molecule has 0 aliphatic carbocycles. The lowest BCUT2D eigenvalue weighted by Crippen LogP contribution is -1.80. The quantitative estimate of drug-likeness (QED) is 0.681. The van der Waals surface area contributed by atoms with Gasteiger partial charge in [0, 0.05) is 15.5 Å². The standard InChI is InChI=1S/C12H9ClS/c13-11-7-3-1-5-9(11)10-6-2-4-8-12(10)14/h1-8,14H. The lowest BCUT2D eigenvalue weighted by molar-refractivity contribution is 1.46. The second-order valence-corrected chi connectivity index (χ2v) is 3.89. The summed E-state index contributed by atoms with van der Waals surface area (Å²) >= 11 is 10.5. The maximum absolute atomic E-state index is 6.10. The van der Waals surface area contributed by atoms with E-state index in [4.69, 9.17) is 11.6 Å². The van der Waals surface area contributed by atoms with Crippen molar-refractivity contribution in [2.24, 2.45) is 0 Å². The molecule has 0 amide bonds. The smallest absolute Gasteiger partial charge is 0.0484 e. The molecule has 0 nitrogen and oxygen atoms in total. The largest absolute Gasteiger partial charge is 0.143 e. The average molecular weight is 221 g/mol. The van der Waals surface area contributed by atoms with Crippen LogP contribution in [0.5, 0.6) is 0 Å². The highest BCUT2D eigenvalue weighted by molar-refractivity contribution is 7.80. The molecule has 2 heteroatoms. The van der Waals surface area contributed by atoms with E-state index < -0.39 is 0 Å². The third kappa shape index (κ3) is 1.79. The van der Waals surface area contributed by atoms with Crippen LogP contribution < -0.4 is 0 Å². The Balaban J connectivity index is 2.61. The van der Waals surface area contributed by atoms with E-state index in [9.17, 15) is 0 Å². The Morgan fingerprint density at radius 2 is 1.36 bits per heavy atom. The van der Waals surface area contributed by atoms with Crippen LogP contribution in [-0.2, 0) is 0 Å². The number of rotatable bonds is 1. The highest BCUT2D eigenvalue weighted by atomic mass is 35.5. The summed E-state index contributed by atoms with van der Waals surface area (Å²) in [6.45, 7) is 0. The van der Waals surface area contributed by atoms with Crippen molar-refractivity contribution < 1.29 is 0 Å². The van der Waals surface area contributed by atoms with Gasteiger partial charge in [0.25, 0.3) is 0 Å². The van der Waals surface area contributed by atoms with Crippen LogP contribution in [0.4, 0.5) is 0 Å². The molecule has 0 aromatic heterocycles. The van der Waals surface area contributed by atoms with Gasteiger partial charge in [-0.05, 0) is 17.7 Å². The predicted octanol–water partition coefficient (Wildman–Crippen LogP) is 4.30. The normalized spacial score (nSPS) is 10.1. The number of halogens is 1. The molecule has 0 unspecified atom stereocenters. The van der Waals surface area contributed by atoms with Crippen molar-refractivity contribution in [3.8, 4) is 11.1 Å². The van der Waals surface area contributed by atoms with Gasteiger partial charge in [-0.1, -0.05) is 48.0 Å². The first kappa shape index (κ1) is 9.63. The van der Waals surface area contributed by atoms with Crippen LogP contribution in [0, 0.1) is 0 Å². The van der Waals surface area contributed by atoms with Crippen LogP contribution in [0.1, 0.15) is 0 Å². The van der Waals surface area contributed by atoms with Crippen molar-refractivity contribution in [3.05, 3.63) is 53.6 Å². The van der Waals surface area contributed by atoms with Gasteiger partial charge in [-0.15, -0.1) is 12.6 Å². The van der Waals surface area contributed by atoms with Crippen molar-refractivity contribution in [2.45, 2.75) is 4.90 Å². The Morgan fingerprint density at radius 3 is 2.00 bits per heavy atom. The highest BCUT2D eigenvalue weighted by Gasteiger charge is 2.04. The molecule has 2 rings (SSSR count). The van der Waals surface area contributed by atoms with Crippen molar-refractivity contribution in [1.82, 2.24) is 0 Å². The third-order valence-electron chi connectivity index (χ3n) is 2.07. The molecule has 0 heterocycles. The van der Waals surface area contributed by atoms with Crippen LogP contribution in [0.15, 0.2) is 53.4 Å². The highest BCUT2D eigenvalue weighted by Crippen LogP contribution is 2.31. The molecule has 0 atom stereocenters. The van der Waals surface area contributed by atoms with Crippen LogP contribution in [0.2, 0.25) is 5.02 Å². The maximum Gasteiger partial charge on any atom is 0.0484 e. The van der Waals surface area contributed by atoms with Gasteiger partial charge in [0.2, 0.25) is 0 Å². The molecule has 2 aromatic carbocycles. The Labute approximate surface area is 93.9 Å². The fourth-order valence-electron chi connectivity index (χ4n) is 1.38. The van der Waals surface area contributed by atoms with E-state index in [1.165, 1.54) is 0 Å². The Bertz CT molecular complexity index is 408. The van der Waals surface area contributed by atoms with Crippen molar-refractivity contribution in [2.75, 3.05) is 0 Å². The van der Waals surface area contributed by atoms with Crippen LogP contribution >= 0.6 is 24.2 Å². The van der Waals surface area contributed by atoms with Crippen LogP contribution in [0.3, 0.4) is 0 Å². The van der Waals surface area contributed by atoms with Crippen molar-refractivity contribution >= 4 is 24.2 Å². The first-order valence-corrected chi connectivity index (χ1v) is 5.14. The molecule has 0 radical (unpaired) electrons. The van der Waals surface area contributed by atoms with E-state index in [1.54, 1.807) is 0 Å². The summed E-state index contributed by atoms with van der Waals surface area (Å²) in [5, 5.41) is 0.758. The van der Waals surface area contributed by atoms with Gasteiger partial charge in [0.1, 0.15) is 0 Å². The van der Waals surface area contributed by atoms with Gasteiger partial charge in [-0.3, -0.25) is 0 Å². The van der Waals surface area contributed by atoms with Gasteiger partial charge < -0.3 is 0 Å². The van der Waals surface area contributed by atoms with E-state index in [2.05, 4.69) is 12.6 Å². The van der Waals surface area contributed by atoms with Crippen LogP contribution in [-0.4, -0.2) is 0 Å². The summed E-state index contributed by atoms with van der Waals surface area (Å²) in [6.07, 6.45) is 0. The lowest BCUT2D eigenvalue weighted by Gasteiger charge is -2.06. The molecule has 0 saturated heterocycles. The van der Waals surface area contributed by atoms with Crippen molar-refractivity contribution in [3.63, 3.8) is 0 Å². The van der Waals surface area contributed by atoms with Crippen LogP contribution in [0.25, 0.3) is 11.1 Å². The first-order valence-electron chi connectivity index (χ1n) is 4.32. The summed E-state index contributed by atoms with van der Waals surface area (Å²) in [5.74, 6) is 0. The van der Waals surface area contributed by atoms with Gasteiger partial charge in [0.15, 0.2) is 0 Å². The molecule has 0 aliphatic rings. The lowest BCUT2D eigenvalue weighted by atomic mass is 10.1.